The van der Waals surface area contributed by atoms with Crippen LogP contribution in [0.15, 0.2) is 46.9 Å². The molecule has 3 rings (SSSR count). The number of urea groups is 1. The second-order valence-corrected chi connectivity index (χ2v) is 7.89. The van der Waals surface area contributed by atoms with Crippen molar-refractivity contribution in [2.24, 2.45) is 0 Å². The number of hydrogen-bond donors (Lipinski definition) is 1. The minimum atomic E-state index is -0.0822. The summed E-state index contributed by atoms with van der Waals surface area (Å²) in [7, 11) is 1.66. The molecule has 2 aromatic carbocycles. The summed E-state index contributed by atoms with van der Waals surface area (Å²) in [6.45, 7) is 2.83. The molecule has 25 heavy (non-hydrogen) atoms. The van der Waals surface area contributed by atoms with E-state index in [-0.39, 0.29) is 11.4 Å². The number of thioether (sulfide) groups is 1. The molecule has 0 aliphatic carbocycles. The fraction of sp³-hybridized carbons (Fsp3) is 0.316. The number of methoxy groups -OCH3 is 1. The Kier molecular flexibility index (Phi) is 5.91. The van der Waals surface area contributed by atoms with Crippen LogP contribution < -0.4 is 10.1 Å². The first-order chi connectivity index (χ1) is 12.1. The van der Waals surface area contributed by atoms with Crippen LogP contribution in [0, 0.1) is 0 Å². The first-order valence-corrected chi connectivity index (χ1v) is 10.1. The zero-order valence-electron chi connectivity index (χ0n) is 14.3. The van der Waals surface area contributed by atoms with Gasteiger partial charge in [-0.25, -0.2) is 4.79 Å². The zero-order chi connectivity index (χ0) is 17.8. The van der Waals surface area contributed by atoms with Crippen molar-refractivity contribution >= 4 is 39.4 Å². The number of aryl methyl sites for hydroxylation is 1. The van der Waals surface area contributed by atoms with Crippen LogP contribution in [0.4, 0.5) is 10.5 Å². The van der Waals surface area contributed by atoms with Gasteiger partial charge < -0.3 is 15.0 Å². The minimum Gasteiger partial charge on any atom is -0.496 e. The highest BCUT2D eigenvalue weighted by molar-refractivity contribution is 9.10. The number of anilines is 1. The summed E-state index contributed by atoms with van der Waals surface area (Å²) in [6.07, 6.45) is 0.988. The number of hydrogen-bond acceptors (Lipinski definition) is 3. The lowest BCUT2D eigenvalue weighted by Gasteiger charge is -2.26. The van der Waals surface area contributed by atoms with Crippen LogP contribution in [-0.2, 0) is 6.42 Å². The average molecular weight is 421 g/mol. The zero-order valence-corrected chi connectivity index (χ0v) is 16.7. The Balaban J connectivity index is 1.78. The fourth-order valence-electron chi connectivity index (χ4n) is 2.85. The molecule has 0 saturated carbocycles. The molecule has 1 saturated heterocycles. The second kappa shape index (κ2) is 8.15. The Bertz CT molecular complexity index is 752. The largest absolute Gasteiger partial charge is 0.496 e. The molecule has 0 radical (unpaired) electrons. The van der Waals surface area contributed by atoms with Gasteiger partial charge in [0, 0.05) is 28.0 Å². The first kappa shape index (κ1) is 18.1. The lowest BCUT2D eigenvalue weighted by molar-refractivity contribution is 0.213. The van der Waals surface area contributed by atoms with Crippen molar-refractivity contribution in [2.45, 2.75) is 18.7 Å². The number of halogens is 1. The first-order valence-electron chi connectivity index (χ1n) is 8.24. The van der Waals surface area contributed by atoms with Gasteiger partial charge in [0.25, 0.3) is 0 Å². The highest BCUT2D eigenvalue weighted by Crippen LogP contribution is 2.43. The molecule has 1 fully saturated rings. The van der Waals surface area contributed by atoms with Crippen LogP contribution in [0.5, 0.6) is 5.75 Å². The van der Waals surface area contributed by atoms with Gasteiger partial charge in [0.2, 0.25) is 0 Å². The minimum absolute atomic E-state index is 0.0534. The maximum atomic E-state index is 12.8. The molecule has 1 N–H and O–H groups in total. The Morgan fingerprint density at radius 1 is 1.32 bits per heavy atom. The summed E-state index contributed by atoms with van der Waals surface area (Å²) in [4.78, 5) is 14.7. The van der Waals surface area contributed by atoms with Crippen LogP contribution in [0.3, 0.4) is 0 Å². The third-order valence-corrected chi connectivity index (χ3v) is 5.96. The van der Waals surface area contributed by atoms with E-state index >= 15 is 0 Å². The number of carbonyl (C=O) groups is 1. The molecular formula is C19H21BrN2O2S. The van der Waals surface area contributed by atoms with E-state index in [1.165, 1.54) is 5.56 Å². The molecule has 2 aromatic rings. The van der Waals surface area contributed by atoms with E-state index < -0.39 is 0 Å². The van der Waals surface area contributed by atoms with Gasteiger partial charge >= 0.3 is 6.03 Å². The monoisotopic (exact) mass is 420 g/mol. The highest BCUT2D eigenvalue weighted by atomic mass is 79.9. The maximum Gasteiger partial charge on any atom is 0.323 e. The number of nitrogens with one attached hydrogen (secondary N) is 1. The molecule has 1 heterocycles. The Morgan fingerprint density at radius 3 is 2.76 bits per heavy atom. The predicted octanol–water partition coefficient (Wildman–Crippen LogP) is 5.30. The van der Waals surface area contributed by atoms with Crippen LogP contribution in [0.2, 0.25) is 0 Å². The standard InChI is InChI=1S/C19H21BrN2O2S/c1-3-13-4-7-15(8-5-13)21-19(23)22-10-11-25-18(22)16-12-14(20)6-9-17(16)24-2/h4-9,12,18H,3,10-11H2,1-2H3,(H,21,23). The van der Waals surface area contributed by atoms with Crippen LogP contribution in [-0.4, -0.2) is 30.3 Å². The van der Waals surface area contributed by atoms with E-state index in [1.807, 2.05) is 47.4 Å². The van der Waals surface area contributed by atoms with Crippen molar-refractivity contribution in [3.63, 3.8) is 0 Å². The number of benzene rings is 2. The van der Waals surface area contributed by atoms with E-state index in [0.29, 0.717) is 6.54 Å². The molecular weight excluding hydrogens is 400 g/mol. The van der Waals surface area contributed by atoms with E-state index in [2.05, 4.69) is 28.2 Å². The lowest BCUT2D eigenvalue weighted by atomic mass is 10.1. The van der Waals surface area contributed by atoms with Crippen LogP contribution >= 0.6 is 27.7 Å². The van der Waals surface area contributed by atoms with E-state index in [9.17, 15) is 4.79 Å². The summed E-state index contributed by atoms with van der Waals surface area (Å²) in [5.41, 5.74) is 3.08. The fourth-order valence-corrected chi connectivity index (χ4v) is 4.50. The van der Waals surface area contributed by atoms with Gasteiger partial charge in [-0.15, -0.1) is 11.8 Å². The third kappa shape index (κ3) is 4.12. The molecule has 6 heteroatoms. The number of ether oxygens (including phenoxy) is 1. The Hall–Kier alpha value is -1.66. The molecule has 132 valence electrons. The number of amides is 2. The second-order valence-electron chi connectivity index (χ2n) is 5.78. The van der Waals surface area contributed by atoms with Crippen molar-refractivity contribution in [1.29, 1.82) is 0 Å². The SMILES string of the molecule is CCc1ccc(NC(=O)N2CCSC2c2cc(Br)ccc2OC)cc1. The third-order valence-electron chi connectivity index (χ3n) is 4.22. The van der Waals surface area contributed by atoms with Gasteiger partial charge in [0.05, 0.1) is 7.11 Å². The van der Waals surface area contributed by atoms with Gasteiger partial charge in [-0.2, -0.15) is 0 Å². The van der Waals surface area contributed by atoms with Gasteiger partial charge in [-0.3, -0.25) is 0 Å². The normalized spacial score (nSPS) is 16.8. The number of nitrogens with zero attached hydrogens (tertiary/aromatic N) is 1. The molecule has 0 bridgehead atoms. The topological polar surface area (TPSA) is 41.6 Å². The average Bonchev–Trinajstić information content (AvgIpc) is 3.12. The van der Waals surface area contributed by atoms with E-state index in [1.54, 1.807) is 18.9 Å². The van der Waals surface area contributed by atoms with Gasteiger partial charge in [0.15, 0.2) is 0 Å². The predicted molar refractivity (Wildman–Crippen MR) is 107 cm³/mol. The number of carbonyl (C=O) groups excluding carboxylic acids is 1. The quantitative estimate of drug-likeness (QED) is 0.729. The molecule has 1 aliphatic heterocycles. The van der Waals surface area contributed by atoms with Gasteiger partial charge in [-0.05, 0) is 42.3 Å². The Morgan fingerprint density at radius 2 is 2.08 bits per heavy atom. The summed E-state index contributed by atoms with van der Waals surface area (Å²) >= 11 is 5.26. The van der Waals surface area contributed by atoms with Crippen molar-refractivity contribution in [2.75, 3.05) is 24.7 Å². The molecule has 1 aliphatic rings. The van der Waals surface area contributed by atoms with Gasteiger partial charge in [0.1, 0.15) is 11.1 Å². The van der Waals surface area contributed by atoms with E-state index in [4.69, 9.17) is 4.74 Å². The lowest BCUT2D eigenvalue weighted by Crippen LogP contribution is -2.34. The molecule has 2 amide bonds. The summed E-state index contributed by atoms with van der Waals surface area (Å²) in [5.74, 6) is 1.70. The summed E-state index contributed by atoms with van der Waals surface area (Å²) < 4.78 is 6.47. The summed E-state index contributed by atoms with van der Waals surface area (Å²) in [5, 5.41) is 2.95. The highest BCUT2D eigenvalue weighted by Gasteiger charge is 2.32. The maximum absolute atomic E-state index is 12.8. The molecule has 1 unspecified atom stereocenters. The molecule has 0 aromatic heterocycles. The van der Waals surface area contributed by atoms with Crippen molar-refractivity contribution in [3.8, 4) is 5.75 Å². The molecule has 0 spiro atoms. The van der Waals surface area contributed by atoms with Crippen molar-refractivity contribution in [3.05, 3.63) is 58.1 Å². The van der Waals surface area contributed by atoms with Crippen LogP contribution in [0.25, 0.3) is 0 Å². The van der Waals surface area contributed by atoms with Crippen LogP contribution in [0.1, 0.15) is 23.4 Å². The van der Waals surface area contributed by atoms with Gasteiger partial charge in [-0.1, -0.05) is 35.0 Å². The van der Waals surface area contributed by atoms with Crippen molar-refractivity contribution < 1.29 is 9.53 Å². The summed E-state index contributed by atoms with van der Waals surface area (Å²) in [6, 6.07) is 13.8. The molecule has 4 nitrogen and oxygen atoms in total. The van der Waals surface area contributed by atoms with Crippen molar-refractivity contribution in [1.82, 2.24) is 4.90 Å². The Labute approximate surface area is 161 Å². The molecule has 1 atom stereocenters. The number of rotatable bonds is 4. The smallest absolute Gasteiger partial charge is 0.323 e. The van der Waals surface area contributed by atoms with E-state index in [0.717, 1.165) is 33.6 Å².